The molecular weight excluding hydrogens is 392 g/mol. The highest BCUT2D eigenvalue weighted by Gasteiger charge is 2.56. The Hall–Kier alpha value is -1.14. The van der Waals surface area contributed by atoms with E-state index in [4.69, 9.17) is 14.6 Å². The van der Waals surface area contributed by atoms with Gasteiger partial charge in [0.1, 0.15) is 5.75 Å². The molecule has 0 aromatic heterocycles. The molecule has 0 radical (unpaired) electrons. The van der Waals surface area contributed by atoms with E-state index in [2.05, 4.69) is 13.0 Å². The highest BCUT2D eigenvalue weighted by atomic mass is 16.5. The Balaban J connectivity index is 1.39. The van der Waals surface area contributed by atoms with Crippen LogP contribution in [0.1, 0.15) is 68.9 Å². The van der Waals surface area contributed by atoms with Gasteiger partial charge < -0.3 is 24.8 Å². The van der Waals surface area contributed by atoms with E-state index in [9.17, 15) is 10.2 Å². The molecule has 2 saturated carbocycles. The number of hydrogen-bond donors (Lipinski definition) is 3. The predicted octanol–water partition coefficient (Wildman–Crippen LogP) is 4.03. The van der Waals surface area contributed by atoms with E-state index in [1.54, 1.807) is 0 Å². The molecule has 0 spiro atoms. The number of phenolic OH excluding ortho intramolecular Hbond substituents is 1. The summed E-state index contributed by atoms with van der Waals surface area (Å²) in [5, 5.41) is 29.6. The average Bonchev–Trinajstić information content (AvgIpc) is 3.06. The van der Waals surface area contributed by atoms with E-state index < -0.39 is 0 Å². The van der Waals surface area contributed by atoms with Gasteiger partial charge >= 0.3 is 0 Å². The van der Waals surface area contributed by atoms with Gasteiger partial charge in [-0.15, -0.1) is 0 Å². The highest BCUT2D eigenvalue weighted by Crippen LogP contribution is 2.62. The van der Waals surface area contributed by atoms with Crippen LogP contribution in [0.25, 0.3) is 0 Å². The molecule has 3 N–H and O–H groups in total. The molecule has 0 heterocycles. The third kappa shape index (κ3) is 4.80. The Bertz CT molecular complexity index is 722. The largest absolute Gasteiger partial charge is 0.508 e. The zero-order valence-electron chi connectivity index (χ0n) is 19.0. The third-order valence-electron chi connectivity index (χ3n) is 8.56. The Labute approximate surface area is 186 Å². The third-order valence-corrected chi connectivity index (χ3v) is 8.56. The zero-order valence-corrected chi connectivity index (χ0v) is 19.0. The standard InChI is InChI=1S/C26H40O5/c1-26-10-9-22-21-6-5-20(28)17-19(21)16-18(25(22)23(26)7-8-24(26)29)4-2-3-12-30-14-15-31-13-11-27/h5-6,17-18,22-25,27-29H,2-4,7-16H2,1H3/t18-,22-,23+,24+,25-,26+/m1/s1. The lowest BCUT2D eigenvalue weighted by molar-refractivity contribution is -0.0398. The Morgan fingerprint density at radius 3 is 2.65 bits per heavy atom. The number of hydrogen-bond acceptors (Lipinski definition) is 5. The van der Waals surface area contributed by atoms with E-state index >= 15 is 0 Å². The summed E-state index contributed by atoms with van der Waals surface area (Å²) in [6.07, 6.45) is 8.63. The number of phenols is 1. The van der Waals surface area contributed by atoms with Crippen molar-refractivity contribution in [1.29, 1.82) is 0 Å². The lowest BCUT2D eigenvalue weighted by Gasteiger charge is -2.53. The van der Waals surface area contributed by atoms with Crippen LogP contribution in [-0.2, 0) is 15.9 Å². The summed E-state index contributed by atoms with van der Waals surface area (Å²) in [7, 11) is 0. The monoisotopic (exact) mass is 432 g/mol. The molecule has 1 aromatic carbocycles. The fourth-order valence-corrected chi connectivity index (χ4v) is 7.03. The highest BCUT2D eigenvalue weighted by molar-refractivity contribution is 5.40. The molecule has 31 heavy (non-hydrogen) atoms. The van der Waals surface area contributed by atoms with Gasteiger partial charge in [0.2, 0.25) is 0 Å². The molecule has 4 rings (SSSR count). The maximum Gasteiger partial charge on any atom is 0.115 e. The topological polar surface area (TPSA) is 79.2 Å². The molecule has 2 fully saturated rings. The average molecular weight is 433 g/mol. The van der Waals surface area contributed by atoms with Gasteiger partial charge in [-0.3, -0.25) is 0 Å². The second kappa shape index (κ2) is 10.2. The van der Waals surface area contributed by atoms with E-state index in [0.717, 1.165) is 51.6 Å². The van der Waals surface area contributed by atoms with Crippen LogP contribution in [0.3, 0.4) is 0 Å². The van der Waals surface area contributed by atoms with Gasteiger partial charge in [-0.2, -0.15) is 0 Å². The Kier molecular flexibility index (Phi) is 7.58. The molecule has 0 amide bonds. The first kappa shape index (κ1) is 23.0. The molecule has 174 valence electrons. The fourth-order valence-electron chi connectivity index (χ4n) is 7.03. The lowest BCUT2D eigenvalue weighted by Crippen LogP contribution is -2.47. The van der Waals surface area contributed by atoms with Crippen LogP contribution in [0, 0.1) is 23.2 Å². The molecular formula is C26H40O5. The van der Waals surface area contributed by atoms with Crippen LogP contribution >= 0.6 is 0 Å². The summed E-state index contributed by atoms with van der Waals surface area (Å²) in [5.74, 6) is 2.80. The second-order valence-corrected chi connectivity index (χ2v) is 10.2. The number of rotatable bonds is 10. The van der Waals surface area contributed by atoms with E-state index in [1.807, 2.05) is 12.1 Å². The number of aliphatic hydroxyl groups excluding tert-OH is 2. The van der Waals surface area contributed by atoms with Crippen molar-refractivity contribution < 1.29 is 24.8 Å². The summed E-state index contributed by atoms with van der Waals surface area (Å²) in [6.45, 7) is 4.64. The van der Waals surface area contributed by atoms with Gasteiger partial charge in [0.05, 0.1) is 32.5 Å². The number of unbranched alkanes of at least 4 members (excludes halogenated alkanes) is 1. The van der Waals surface area contributed by atoms with Crippen molar-refractivity contribution in [2.24, 2.45) is 23.2 Å². The number of ether oxygens (including phenoxy) is 2. The maximum absolute atomic E-state index is 10.8. The molecule has 0 unspecified atom stereocenters. The van der Waals surface area contributed by atoms with E-state index in [0.29, 0.717) is 49.2 Å². The molecule has 6 atom stereocenters. The van der Waals surface area contributed by atoms with Crippen LogP contribution in [0.5, 0.6) is 5.75 Å². The summed E-state index contributed by atoms with van der Waals surface area (Å²) >= 11 is 0. The van der Waals surface area contributed by atoms with Crippen molar-refractivity contribution in [3.8, 4) is 5.75 Å². The van der Waals surface area contributed by atoms with Gasteiger partial charge in [-0.1, -0.05) is 19.4 Å². The second-order valence-electron chi connectivity index (χ2n) is 10.2. The van der Waals surface area contributed by atoms with Crippen LogP contribution in [-0.4, -0.2) is 54.5 Å². The minimum absolute atomic E-state index is 0.0571. The van der Waals surface area contributed by atoms with Gasteiger partial charge in [-0.25, -0.2) is 0 Å². The van der Waals surface area contributed by atoms with Crippen molar-refractivity contribution >= 4 is 0 Å². The first-order valence-electron chi connectivity index (χ1n) is 12.3. The zero-order chi connectivity index (χ0) is 21.8. The summed E-state index contributed by atoms with van der Waals surface area (Å²) in [6, 6.07) is 6.01. The predicted molar refractivity (Wildman–Crippen MR) is 120 cm³/mol. The molecule has 1 aromatic rings. The molecule has 5 heteroatoms. The summed E-state index contributed by atoms with van der Waals surface area (Å²) in [5.41, 5.74) is 2.87. The van der Waals surface area contributed by atoms with Crippen LogP contribution in [0.4, 0.5) is 0 Å². The smallest absolute Gasteiger partial charge is 0.115 e. The van der Waals surface area contributed by atoms with Crippen LogP contribution < -0.4 is 0 Å². The van der Waals surface area contributed by atoms with Crippen molar-refractivity contribution in [3.63, 3.8) is 0 Å². The SMILES string of the molecule is C[C@]12CC[C@@H]3c4ccc(O)cc4C[C@@H](CCCCOCCOCCO)[C@H]3[C@@H]1CC[C@@H]2O. The maximum atomic E-state index is 10.8. The van der Waals surface area contributed by atoms with Gasteiger partial charge in [-0.05, 0) is 97.3 Å². The fraction of sp³-hybridized carbons (Fsp3) is 0.769. The summed E-state index contributed by atoms with van der Waals surface area (Å²) < 4.78 is 10.9. The first-order chi connectivity index (χ1) is 15.0. The van der Waals surface area contributed by atoms with Crippen molar-refractivity contribution in [2.45, 2.75) is 70.3 Å². The normalized spacial score (nSPS) is 34.2. The van der Waals surface area contributed by atoms with Crippen LogP contribution in [0.15, 0.2) is 18.2 Å². The van der Waals surface area contributed by atoms with E-state index in [-0.39, 0.29) is 18.1 Å². The molecule has 3 aliphatic rings. The number of benzene rings is 1. The van der Waals surface area contributed by atoms with Crippen molar-refractivity contribution in [3.05, 3.63) is 29.3 Å². The van der Waals surface area contributed by atoms with Gasteiger partial charge in [0.15, 0.2) is 0 Å². The van der Waals surface area contributed by atoms with Gasteiger partial charge in [0, 0.05) is 6.61 Å². The number of aliphatic hydroxyl groups is 2. The first-order valence-corrected chi connectivity index (χ1v) is 12.3. The molecule has 0 bridgehead atoms. The summed E-state index contributed by atoms with van der Waals surface area (Å²) in [4.78, 5) is 0. The lowest BCUT2D eigenvalue weighted by atomic mass is 9.52. The number of aromatic hydroxyl groups is 1. The number of fused-ring (bicyclic) bond motifs is 5. The van der Waals surface area contributed by atoms with Crippen molar-refractivity contribution in [2.75, 3.05) is 33.0 Å². The molecule has 5 nitrogen and oxygen atoms in total. The molecule has 3 aliphatic carbocycles. The minimum Gasteiger partial charge on any atom is -0.508 e. The van der Waals surface area contributed by atoms with Crippen molar-refractivity contribution in [1.82, 2.24) is 0 Å². The minimum atomic E-state index is -0.151. The Morgan fingerprint density at radius 1 is 1.03 bits per heavy atom. The van der Waals surface area contributed by atoms with E-state index in [1.165, 1.54) is 17.5 Å². The molecule has 0 aliphatic heterocycles. The Morgan fingerprint density at radius 2 is 1.84 bits per heavy atom. The quantitative estimate of drug-likeness (QED) is 0.487. The van der Waals surface area contributed by atoms with Crippen LogP contribution in [0.2, 0.25) is 0 Å². The van der Waals surface area contributed by atoms with Gasteiger partial charge in [0.25, 0.3) is 0 Å². The molecule has 0 saturated heterocycles.